The number of hydrogen-bond donors (Lipinski definition) is 1. The first kappa shape index (κ1) is 8.55. The van der Waals surface area contributed by atoms with E-state index in [9.17, 15) is 4.79 Å². The number of carbonyl (C=O) groups is 1. The van der Waals surface area contributed by atoms with Crippen molar-refractivity contribution in [2.45, 2.75) is 5.92 Å². The Labute approximate surface area is 79.0 Å². The molecule has 0 aromatic carbocycles. The molecule has 14 heavy (non-hydrogen) atoms. The minimum atomic E-state index is -1.05. The Hall–Kier alpha value is -2.04. The van der Waals surface area contributed by atoms with E-state index in [1.54, 1.807) is 12.1 Å². The molecule has 0 aliphatic heterocycles. The van der Waals surface area contributed by atoms with Crippen LogP contribution in [-0.2, 0) is 4.79 Å². The number of rotatable bonds is 3. The maximum Gasteiger partial charge on any atom is 0.323 e. The lowest BCUT2D eigenvalue weighted by atomic mass is 10.1. The molecule has 0 aliphatic rings. The molecule has 1 unspecified atom stereocenters. The highest BCUT2D eigenvalue weighted by Gasteiger charge is 2.28. The zero-order chi connectivity index (χ0) is 9.97. The fourth-order valence-corrected chi connectivity index (χ4v) is 1.18. The molecule has 0 aliphatic carbocycles. The molecule has 2 heterocycles. The number of nitrogens with zero attached hydrogens (tertiary/aromatic N) is 1. The fraction of sp³-hybridized carbons (Fsp3) is 0.111. The van der Waals surface area contributed by atoms with Crippen molar-refractivity contribution < 1.29 is 18.7 Å². The zero-order valence-corrected chi connectivity index (χ0v) is 7.08. The summed E-state index contributed by atoms with van der Waals surface area (Å²) in [5.74, 6) is -1.60. The van der Waals surface area contributed by atoms with Crippen LogP contribution in [0.15, 0.2) is 39.7 Å². The van der Waals surface area contributed by atoms with Crippen LogP contribution >= 0.6 is 0 Å². The molecule has 1 atom stereocenters. The molecule has 0 saturated heterocycles. The molecule has 0 saturated carbocycles. The summed E-state index contributed by atoms with van der Waals surface area (Å²) in [6.45, 7) is 0. The molecule has 0 amide bonds. The first-order valence-electron chi connectivity index (χ1n) is 3.94. The van der Waals surface area contributed by atoms with Gasteiger partial charge in [0.15, 0.2) is 5.92 Å². The highest BCUT2D eigenvalue weighted by Crippen LogP contribution is 2.23. The van der Waals surface area contributed by atoms with Gasteiger partial charge in [-0.25, -0.2) is 4.98 Å². The molecule has 1 N–H and O–H groups in total. The van der Waals surface area contributed by atoms with E-state index >= 15 is 0 Å². The highest BCUT2D eigenvalue weighted by atomic mass is 16.4. The third-order valence-corrected chi connectivity index (χ3v) is 1.77. The molecular weight excluding hydrogens is 186 g/mol. The van der Waals surface area contributed by atoms with Gasteiger partial charge in [0.05, 0.1) is 12.5 Å². The van der Waals surface area contributed by atoms with Gasteiger partial charge in [-0.2, -0.15) is 0 Å². The minimum Gasteiger partial charge on any atom is -0.480 e. The molecule has 5 heteroatoms. The van der Waals surface area contributed by atoms with Gasteiger partial charge in [-0.05, 0) is 12.1 Å². The van der Waals surface area contributed by atoms with Crippen molar-refractivity contribution in [1.29, 1.82) is 0 Å². The number of oxazole rings is 1. The van der Waals surface area contributed by atoms with Crippen LogP contribution in [0, 0.1) is 0 Å². The van der Waals surface area contributed by atoms with Gasteiger partial charge < -0.3 is 13.9 Å². The maximum atomic E-state index is 10.9. The average Bonchev–Trinajstić information content (AvgIpc) is 2.75. The summed E-state index contributed by atoms with van der Waals surface area (Å²) in [6.07, 6.45) is 4.14. The van der Waals surface area contributed by atoms with Crippen molar-refractivity contribution in [3.8, 4) is 0 Å². The van der Waals surface area contributed by atoms with Gasteiger partial charge in [-0.15, -0.1) is 0 Å². The van der Waals surface area contributed by atoms with Crippen LogP contribution in [0.3, 0.4) is 0 Å². The first-order valence-corrected chi connectivity index (χ1v) is 3.94. The van der Waals surface area contributed by atoms with Crippen LogP contribution in [0.25, 0.3) is 0 Å². The molecule has 0 fully saturated rings. The Bertz CT molecular complexity index is 370. The number of furan rings is 1. The predicted octanol–water partition coefficient (Wildman–Crippen LogP) is 1.48. The summed E-state index contributed by atoms with van der Waals surface area (Å²) in [6, 6.07) is 3.19. The molecule has 72 valence electrons. The van der Waals surface area contributed by atoms with Crippen LogP contribution in [0.5, 0.6) is 0 Å². The van der Waals surface area contributed by atoms with Crippen LogP contribution in [0.4, 0.5) is 0 Å². The number of hydrogen-bond acceptors (Lipinski definition) is 4. The van der Waals surface area contributed by atoms with Crippen LogP contribution in [0.1, 0.15) is 17.6 Å². The molecule has 2 rings (SSSR count). The standard InChI is InChI=1S/C9H7NO4/c11-9(12)7(6-2-1-4-13-6)8-10-3-5-14-8/h1-5,7H,(H,11,12). The van der Waals surface area contributed by atoms with E-state index in [0.717, 1.165) is 0 Å². The van der Waals surface area contributed by atoms with Gasteiger partial charge in [-0.1, -0.05) is 0 Å². The summed E-state index contributed by atoms with van der Waals surface area (Å²) in [7, 11) is 0. The first-order chi connectivity index (χ1) is 6.79. The lowest BCUT2D eigenvalue weighted by Crippen LogP contribution is -2.12. The van der Waals surface area contributed by atoms with Crippen LogP contribution in [-0.4, -0.2) is 16.1 Å². The second-order valence-corrected chi connectivity index (χ2v) is 2.66. The van der Waals surface area contributed by atoms with E-state index < -0.39 is 11.9 Å². The monoisotopic (exact) mass is 193 g/mol. The number of carboxylic acid groups (broad SMARTS) is 1. The van der Waals surface area contributed by atoms with Crippen molar-refractivity contribution in [3.63, 3.8) is 0 Å². The lowest BCUT2D eigenvalue weighted by molar-refractivity contribution is -0.138. The summed E-state index contributed by atoms with van der Waals surface area (Å²) in [5, 5.41) is 8.96. The highest BCUT2D eigenvalue weighted by molar-refractivity contribution is 5.77. The molecule has 0 radical (unpaired) electrons. The van der Waals surface area contributed by atoms with E-state index in [0.29, 0.717) is 5.76 Å². The van der Waals surface area contributed by atoms with Crippen LogP contribution in [0.2, 0.25) is 0 Å². The van der Waals surface area contributed by atoms with Crippen molar-refractivity contribution in [1.82, 2.24) is 4.98 Å². The van der Waals surface area contributed by atoms with Crippen molar-refractivity contribution in [2.75, 3.05) is 0 Å². The topological polar surface area (TPSA) is 76.5 Å². The SMILES string of the molecule is O=C(O)C(c1ccco1)c1ncco1. The second-order valence-electron chi connectivity index (χ2n) is 2.66. The van der Waals surface area contributed by atoms with Crippen LogP contribution < -0.4 is 0 Å². The number of carboxylic acids is 1. The molecule has 0 spiro atoms. The molecular formula is C9H7NO4. The van der Waals surface area contributed by atoms with Gasteiger partial charge in [0, 0.05) is 0 Å². The summed E-state index contributed by atoms with van der Waals surface area (Å²) in [4.78, 5) is 14.7. The van der Waals surface area contributed by atoms with E-state index in [1.165, 1.54) is 18.7 Å². The zero-order valence-electron chi connectivity index (χ0n) is 7.08. The molecule has 0 bridgehead atoms. The average molecular weight is 193 g/mol. The number of aliphatic carboxylic acids is 1. The van der Waals surface area contributed by atoms with E-state index in [2.05, 4.69) is 4.98 Å². The quantitative estimate of drug-likeness (QED) is 0.798. The predicted molar refractivity (Wildman–Crippen MR) is 44.7 cm³/mol. The maximum absolute atomic E-state index is 10.9. The fourth-order valence-electron chi connectivity index (χ4n) is 1.18. The Morgan fingerprint density at radius 3 is 2.79 bits per heavy atom. The van der Waals surface area contributed by atoms with E-state index in [4.69, 9.17) is 13.9 Å². The Kier molecular flexibility index (Phi) is 2.06. The van der Waals surface area contributed by atoms with Crippen molar-refractivity contribution in [3.05, 3.63) is 42.5 Å². The van der Waals surface area contributed by atoms with Crippen molar-refractivity contribution >= 4 is 5.97 Å². The van der Waals surface area contributed by atoms with Gasteiger partial charge in [0.25, 0.3) is 0 Å². The van der Waals surface area contributed by atoms with Gasteiger partial charge in [0.2, 0.25) is 5.89 Å². The molecule has 2 aromatic heterocycles. The third-order valence-electron chi connectivity index (χ3n) is 1.77. The van der Waals surface area contributed by atoms with Gasteiger partial charge >= 0.3 is 5.97 Å². The van der Waals surface area contributed by atoms with E-state index in [1.807, 2.05) is 0 Å². The third kappa shape index (κ3) is 1.39. The molecule has 5 nitrogen and oxygen atoms in total. The Morgan fingerprint density at radius 1 is 1.43 bits per heavy atom. The summed E-state index contributed by atoms with van der Waals surface area (Å²) in [5.41, 5.74) is 0. The summed E-state index contributed by atoms with van der Waals surface area (Å²) >= 11 is 0. The largest absolute Gasteiger partial charge is 0.480 e. The summed E-state index contributed by atoms with van der Waals surface area (Å²) < 4.78 is 9.93. The number of aromatic nitrogens is 1. The van der Waals surface area contributed by atoms with Crippen molar-refractivity contribution in [2.24, 2.45) is 0 Å². The van der Waals surface area contributed by atoms with Gasteiger partial charge in [-0.3, -0.25) is 4.79 Å². The smallest absolute Gasteiger partial charge is 0.323 e. The van der Waals surface area contributed by atoms with Gasteiger partial charge in [0.1, 0.15) is 12.0 Å². The second kappa shape index (κ2) is 3.37. The molecule has 2 aromatic rings. The minimum absolute atomic E-state index is 0.118. The Morgan fingerprint density at radius 2 is 2.29 bits per heavy atom. The lowest BCUT2D eigenvalue weighted by Gasteiger charge is -2.03. The van der Waals surface area contributed by atoms with E-state index in [-0.39, 0.29) is 5.89 Å². The Balaban J connectivity index is 2.40. The normalized spacial score (nSPS) is 12.6.